The standard InChI is InChI=1S/C26H22O7/c1-4-31-17-11-12-19-22(15-17)33-23(25(19)27)14-16-7-5-8-18(13-16)32-26(28)24-20(29-2)9-6-10-21(24)30-3/h5-15H,4H2,1-3H3/b23-14-. The molecule has 0 N–H and O–H groups in total. The molecule has 168 valence electrons. The van der Waals surface area contributed by atoms with Gasteiger partial charge in [-0.2, -0.15) is 0 Å². The molecular formula is C26H22O7. The van der Waals surface area contributed by atoms with E-state index >= 15 is 0 Å². The van der Waals surface area contributed by atoms with Gasteiger partial charge in [0.1, 0.15) is 34.3 Å². The number of carbonyl (C=O) groups is 2. The van der Waals surface area contributed by atoms with Crippen LogP contribution >= 0.6 is 0 Å². The van der Waals surface area contributed by atoms with Gasteiger partial charge >= 0.3 is 5.97 Å². The number of ketones is 1. The topological polar surface area (TPSA) is 80.3 Å². The first-order valence-electron chi connectivity index (χ1n) is 10.3. The maximum Gasteiger partial charge on any atom is 0.351 e. The summed E-state index contributed by atoms with van der Waals surface area (Å²) >= 11 is 0. The largest absolute Gasteiger partial charge is 0.496 e. The molecule has 1 aliphatic heterocycles. The van der Waals surface area contributed by atoms with E-state index in [1.54, 1.807) is 66.7 Å². The van der Waals surface area contributed by atoms with Crippen LogP contribution in [0.4, 0.5) is 0 Å². The smallest absolute Gasteiger partial charge is 0.351 e. The number of benzene rings is 3. The Morgan fingerprint density at radius 2 is 1.67 bits per heavy atom. The molecule has 4 rings (SSSR count). The average Bonchev–Trinajstić information content (AvgIpc) is 3.13. The number of ether oxygens (including phenoxy) is 5. The fourth-order valence-electron chi connectivity index (χ4n) is 3.45. The number of esters is 1. The van der Waals surface area contributed by atoms with Crippen LogP contribution < -0.4 is 23.7 Å². The van der Waals surface area contributed by atoms with E-state index in [2.05, 4.69) is 0 Å². The number of methoxy groups -OCH3 is 2. The average molecular weight is 446 g/mol. The Bertz CT molecular complexity index is 1220. The number of fused-ring (bicyclic) bond motifs is 1. The van der Waals surface area contributed by atoms with Gasteiger partial charge in [0.2, 0.25) is 5.78 Å². The molecule has 0 radical (unpaired) electrons. The molecule has 0 aliphatic carbocycles. The highest BCUT2D eigenvalue weighted by Gasteiger charge is 2.28. The normalized spacial score (nSPS) is 13.3. The lowest BCUT2D eigenvalue weighted by Crippen LogP contribution is -2.12. The molecule has 7 nitrogen and oxygen atoms in total. The summed E-state index contributed by atoms with van der Waals surface area (Å²) in [7, 11) is 2.93. The van der Waals surface area contributed by atoms with Crippen molar-refractivity contribution in [3.8, 4) is 28.7 Å². The minimum atomic E-state index is -0.627. The molecule has 0 atom stereocenters. The lowest BCUT2D eigenvalue weighted by atomic mass is 10.1. The number of hydrogen-bond acceptors (Lipinski definition) is 7. The van der Waals surface area contributed by atoms with Crippen LogP contribution in [0, 0.1) is 0 Å². The highest BCUT2D eigenvalue weighted by Crippen LogP contribution is 2.35. The van der Waals surface area contributed by atoms with E-state index in [0.29, 0.717) is 46.5 Å². The van der Waals surface area contributed by atoms with Gasteiger partial charge in [0, 0.05) is 6.07 Å². The summed E-state index contributed by atoms with van der Waals surface area (Å²) in [5, 5.41) is 0. The van der Waals surface area contributed by atoms with Gasteiger partial charge in [-0.3, -0.25) is 4.79 Å². The molecule has 0 spiro atoms. The predicted molar refractivity (Wildman–Crippen MR) is 121 cm³/mol. The minimum Gasteiger partial charge on any atom is -0.496 e. The third-order valence-electron chi connectivity index (χ3n) is 4.95. The highest BCUT2D eigenvalue weighted by molar-refractivity contribution is 6.14. The third kappa shape index (κ3) is 4.52. The van der Waals surface area contributed by atoms with Crippen molar-refractivity contribution >= 4 is 17.8 Å². The van der Waals surface area contributed by atoms with Crippen LogP contribution in [0.3, 0.4) is 0 Å². The molecule has 0 saturated heterocycles. The van der Waals surface area contributed by atoms with E-state index in [1.807, 2.05) is 6.92 Å². The highest BCUT2D eigenvalue weighted by atomic mass is 16.5. The van der Waals surface area contributed by atoms with Crippen LogP contribution in [-0.2, 0) is 0 Å². The summed E-state index contributed by atoms with van der Waals surface area (Å²) in [6.45, 7) is 2.40. The zero-order valence-electron chi connectivity index (χ0n) is 18.4. The molecule has 0 bridgehead atoms. The van der Waals surface area contributed by atoms with Crippen molar-refractivity contribution in [2.75, 3.05) is 20.8 Å². The van der Waals surface area contributed by atoms with Crippen molar-refractivity contribution in [1.82, 2.24) is 0 Å². The molecular weight excluding hydrogens is 424 g/mol. The van der Waals surface area contributed by atoms with Gasteiger partial charge in [0.25, 0.3) is 0 Å². The van der Waals surface area contributed by atoms with Crippen LogP contribution in [0.15, 0.2) is 66.4 Å². The Kier molecular flexibility index (Phi) is 6.31. The lowest BCUT2D eigenvalue weighted by molar-refractivity contribution is 0.0727. The molecule has 7 heteroatoms. The first-order chi connectivity index (χ1) is 16.0. The van der Waals surface area contributed by atoms with Gasteiger partial charge in [-0.1, -0.05) is 18.2 Å². The van der Waals surface area contributed by atoms with Crippen LogP contribution in [-0.4, -0.2) is 32.6 Å². The van der Waals surface area contributed by atoms with Gasteiger partial charge in [-0.25, -0.2) is 4.79 Å². The summed E-state index contributed by atoms with van der Waals surface area (Å²) < 4.78 is 27.3. The lowest BCUT2D eigenvalue weighted by Gasteiger charge is -2.12. The zero-order chi connectivity index (χ0) is 23.4. The van der Waals surface area contributed by atoms with Gasteiger partial charge < -0.3 is 23.7 Å². The Balaban J connectivity index is 1.56. The zero-order valence-corrected chi connectivity index (χ0v) is 18.4. The summed E-state index contributed by atoms with van der Waals surface area (Å²) in [5.74, 6) is 1.37. The van der Waals surface area contributed by atoms with Gasteiger partial charge in [-0.05, 0) is 55.0 Å². The molecule has 1 heterocycles. The van der Waals surface area contributed by atoms with Crippen LogP contribution in [0.2, 0.25) is 0 Å². The first-order valence-corrected chi connectivity index (χ1v) is 10.3. The maximum absolute atomic E-state index is 12.8. The quantitative estimate of drug-likeness (QED) is 0.289. The number of hydrogen-bond donors (Lipinski definition) is 0. The van der Waals surface area contributed by atoms with E-state index in [1.165, 1.54) is 14.2 Å². The monoisotopic (exact) mass is 446 g/mol. The fraction of sp³-hybridized carbons (Fsp3) is 0.154. The van der Waals surface area contributed by atoms with Crippen molar-refractivity contribution < 1.29 is 33.3 Å². The van der Waals surface area contributed by atoms with Crippen LogP contribution in [0.5, 0.6) is 28.7 Å². The van der Waals surface area contributed by atoms with E-state index in [9.17, 15) is 9.59 Å². The second kappa shape index (κ2) is 9.48. The number of allylic oxidation sites excluding steroid dienone is 1. The van der Waals surface area contributed by atoms with Crippen LogP contribution in [0.25, 0.3) is 6.08 Å². The summed E-state index contributed by atoms with van der Waals surface area (Å²) in [4.78, 5) is 25.5. The Morgan fingerprint density at radius 3 is 2.36 bits per heavy atom. The van der Waals surface area contributed by atoms with Gasteiger partial charge in [0.05, 0.1) is 26.4 Å². The second-order valence-corrected chi connectivity index (χ2v) is 7.03. The number of Topliss-reactive ketones (excluding diaryl/α,β-unsaturated/α-hetero) is 1. The van der Waals surface area contributed by atoms with Crippen molar-refractivity contribution in [2.24, 2.45) is 0 Å². The van der Waals surface area contributed by atoms with Crippen molar-refractivity contribution in [3.63, 3.8) is 0 Å². The van der Waals surface area contributed by atoms with E-state index in [0.717, 1.165) is 0 Å². The van der Waals surface area contributed by atoms with E-state index < -0.39 is 5.97 Å². The summed E-state index contributed by atoms with van der Waals surface area (Å²) in [6, 6.07) is 16.9. The Morgan fingerprint density at radius 1 is 0.939 bits per heavy atom. The predicted octanol–water partition coefficient (Wildman–Crippen LogP) is 4.94. The van der Waals surface area contributed by atoms with E-state index in [-0.39, 0.29) is 17.1 Å². The Hall–Kier alpha value is -4.26. The third-order valence-corrected chi connectivity index (χ3v) is 4.95. The SMILES string of the molecule is CCOc1ccc2c(c1)O/C(=C\c1cccc(OC(=O)c3c(OC)cccc3OC)c1)C2=O. The molecule has 0 unspecified atom stereocenters. The molecule has 33 heavy (non-hydrogen) atoms. The van der Waals surface area contributed by atoms with Crippen molar-refractivity contribution in [3.05, 3.63) is 83.1 Å². The number of carbonyl (C=O) groups excluding carboxylic acids is 2. The second-order valence-electron chi connectivity index (χ2n) is 7.03. The molecule has 3 aromatic carbocycles. The molecule has 0 aromatic heterocycles. The van der Waals surface area contributed by atoms with Crippen molar-refractivity contribution in [2.45, 2.75) is 6.92 Å². The maximum atomic E-state index is 12.8. The van der Waals surface area contributed by atoms with Gasteiger partial charge in [-0.15, -0.1) is 0 Å². The molecule has 1 aliphatic rings. The number of rotatable bonds is 7. The minimum absolute atomic E-state index is 0.175. The van der Waals surface area contributed by atoms with E-state index in [4.69, 9.17) is 23.7 Å². The molecule has 0 fully saturated rings. The molecule has 3 aromatic rings. The van der Waals surface area contributed by atoms with Gasteiger partial charge in [0.15, 0.2) is 5.76 Å². The van der Waals surface area contributed by atoms with Crippen molar-refractivity contribution in [1.29, 1.82) is 0 Å². The first kappa shape index (κ1) is 22.0. The van der Waals surface area contributed by atoms with Crippen LogP contribution in [0.1, 0.15) is 33.2 Å². The molecule has 0 saturated carbocycles. The molecule has 0 amide bonds. The summed E-state index contributed by atoms with van der Waals surface area (Å²) in [5.41, 5.74) is 1.28. The Labute approximate surface area is 191 Å². The summed E-state index contributed by atoms with van der Waals surface area (Å²) in [6.07, 6.45) is 1.60. The fourth-order valence-corrected chi connectivity index (χ4v) is 3.45.